The Bertz CT molecular complexity index is 963. The van der Waals surface area contributed by atoms with Crippen LogP contribution in [0, 0.1) is 17.8 Å². The van der Waals surface area contributed by atoms with Crippen LogP contribution in [0.2, 0.25) is 0 Å². The van der Waals surface area contributed by atoms with Gasteiger partial charge in [0.05, 0.1) is 12.4 Å². The van der Waals surface area contributed by atoms with Crippen LogP contribution in [0.25, 0.3) is 0 Å². The monoisotopic (exact) mass is 632 g/mol. The Balaban J connectivity index is 2.54. The van der Waals surface area contributed by atoms with Gasteiger partial charge in [0, 0.05) is 43.1 Å². The highest BCUT2D eigenvalue weighted by Gasteiger charge is 2.31. The number of rotatable bonds is 26. The maximum absolute atomic E-state index is 13.4. The Morgan fingerprint density at radius 3 is 1.76 bits per heavy atom. The number of carbonyl (C=O) groups excluding carboxylic acids is 4. The molecular weight excluding hydrogens is 566 g/mol. The number of amides is 3. The van der Waals surface area contributed by atoms with Gasteiger partial charge in [-0.3, -0.25) is 19.2 Å². The van der Waals surface area contributed by atoms with E-state index in [2.05, 4.69) is 32.8 Å². The van der Waals surface area contributed by atoms with Crippen LogP contribution in [0.15, 0.2) is 12.5 Å². The van der Waals surface area contributed by atoms with Gasteiger partial charge < -0.3 is 20.9 Å². The molecule has 4 N–H and O–H groups in total. The number of unbranched alkanes of at least 4 members (excludes halogenated alkanes) is 12. The van der Waals surface area contributed by atoms with E-state index in [-0.39, 0.29) is 48.3 Å². The van der Waals surface area contributed by atoms with Crippen molar-refractivity contribution < 1.29 is 19.2 Å². The average Bonchev–Trinajstić information content (AvgIpc) is 3.50. The van der Waals surface area contributed by atoms with Gasteiger partial charge >= 0.3 is 0 Å². The van der Waals surface area contributed by atoms with Crippen LogP contribution in [0.4, 0.5) is 0 Å². The van der Waals surface area contributed by atoms with Crippen molar-refractivity contribution in [3.63, 3.8) is 0 Å². The van der Waals surface area contributed by atoms with Gasteiger partial charge in [0.25, 0.3) is 0 Å². The van der Waals surface area contributed by atoms with Gasteiger partial charge in [0.1, 0.15) is 6.04 Å². The van der Waals surface area contributed by atoms with Crippen molar-refractivity contribution in [1.29, 1.82) is 0 Å². The van der Waals surface area contributed by atoms with Gasteiger partial charge in [-0.15, -0.1) is 0 Å². The van der Waals surface area contributed by atoms with Gasteiger partial charge in [-0.05, 0) is 25.2 Å². The fourth-order valence-corrected chi connectivity index (χ4v) is 5.28. The lowest BCUT2D eigenvalue weighted by atomic mass is 9.95. The molecule has 0 bridgehead atoms. The van der Waals surface area contributed by atoms with Crippen LogP contribution in [0.1, 0.15) is 150 Å². The predicted octanol–water partition coefficient (Wildman–Crippen LogP) is 6.82. The average molecular weight is 632 g/mol. The first-order chi connectivity index (χ1) is 21.5. The van der Waals surface area contributed by atoms with Crippen LogP contribution < -0.4 is 16.0 Å². The number of hydrogen-bond donors (Lipinski definition) is 4. The third-order valence-corrected chi connectivity index (χ3v) is 8.78. The minimum absolute atomic E-state index is 0.00646. The Labute approximate surface area is 273 Å². The maximum Gasteiger partial charge on any atom is 0.243 e. The second-order valence-corrected chi connectivity index (χ2v) is 13.7. The molecule has 0 saturated heterocycles. The highest BCUT2D eigenvalue weighted by atomic mass is 16.2. The number of imidazole rings is 1. The van der Waals surface area contributed by atoms with Crippen molar-refractivity contribution in [1.82, 2.24) is 25.9 Å². The number of nitrogens with zero attached hydrogens (tertiary/aromatic N) is 1. The molecule has 0 aliphatic carbocycles. The van der Waals surface area contributed by atoms with E-state index in [1.807, 2.05) is 34.6 Å². The van der Waals surface area contributed by atoms with E-state index in [1.165, 1.54) is 70.5 Å². The molecule has 0 spiro atoms. The topological polar surface area (TPSA) is 133 Å². The molecular formula is C36H65N5O4. The molecule has 0 saturated carbocycles. The summed E-state index contributed by atoms with van der Waals surface area (Å²) >= 11 is 0. The fraction of sp³-hybridized carbons (Fsp3) is 0.806. The van der Waals surface area contributed by atoms with Crippen molar-refractivity contribution in [2.75, 3.05) is 0 Å². The highest BCUT2D eigenvalue weighted by molar-refractivity contribution is 5.94. The van der Waals surface area contributed by atoms with Crippen LogP contribution in [0.3, 0.4) is 0 Å². The third-order valence-electron chi connectivity index (χ3n) is 8.78. The molecule has 1 aromatic heterocycles. The second-order valence-electron chi connectivity index (χ2n) is 13.7. The van der Waals surface area contributed by atoms with Crippen LogP contribution in [-0.4, -0.2) is 51.6 Å². The van der Waals surface area contributed by atoms with Gasteiger partial charge in [-0.25, -0.2) is 4.98 Å². The number of ketones is 1. The summed E-state index contributed by atoms with van der Waals surface area (Å²) in [4.78, 5) is 59.3. The lowest BCUT2D eigenvalue weighted by Crippen LogP contribution is -2.54. The van der Waals surface area contributed by atoms with E-state index >= 15 is 0 Å². The first kappa shape index (κ1) is 40.3. The molecule has 9 heteroatoms. The van der Waals surface area contributed by atoms with Gasteiger partial charge in [0.2, 0.25) is 17.7 Å². The van der Waals surface area contributed by atoms with Gasteiger partial charge in [-0.2, -0.15) is 0 Å². The van der Waals surface area contributed by atoms with Gasteiger partial charge in [-0.1, -0.05) is 119 Å². The number of nitrogens with one attached hydrogen (secondary N) is 4. The molecule has 258 valence electrons. The van der Waals surface area contributed by atoms with Crippen molar-refractivity contribution in [3.8, 4) is 0 Å². The minimum atomic E-state index is -0.852. The van der Waals surface area contributed by atoms with E-state index < -0.39 is 23.9 Å². The summed E-state index contributed by atoms with van der Waals surface area (Å²) < 4.78 is 0. The van der Waals surface area contributed by atoms with E-state index in [4.69, 9.17) is 0 Å². The number of H-pyrrole nitrogens is 1. The molecule has 0 aromatic carbocycles. The zero-order chi connectivity index (χ0) is 33.6. The van der Waals surface area contributed by atoms with Crippen molar-refractivity contribution in [2.24, 2.45) is 17.8 Å². The lowest BCUT2D eigenvalue weighted by Gasteiger charge is -2.26. The summed E-state index contributed by atoms with van der Waals surface area (Å²) in [5, 5.41) is 8.75. The normalized spacial score (nSPS) is 14.2. The zero-order valence-corrected chi connectivity index (χ0v) is 29.5. The van der Waals surface area contributed by atoms with Crippen molar-refractivity contribution in [2.45, 2.75) is 169 Å². The highest BCUT2D eigenvalue weighted by Crippen LogP contribution is 2.14. The molecule has 9 nitrogen and oxygen atoms in total. The Morgan fingerprint density at radius 1 is 0.711 bits per heavy atom. The predicted molar refractivity (Wildman–Crippen MR) is 183 cm³/mol. The number of Topliss-reactive ketones (excluding diaryl/α,β-unsaturated/α-hetero) is 1. The summed E-state index contributed by atoms with van der Waals surface area (Å²) in [7, 11) is 0. The Morgan fingerprint density at radius 2 is 1.27 bits per heavy atom. The molecule has 45 heavy (non-hydrogen) atoms. The number of aromatic nitrogens is 2. The van der Waals surface area contributed by atoms with E-state index in [0.717, 1.165) is 19.3 Å². The molecule has 1 aromatic rings. The molecule has 0 fully saturated rings. The molecule has 4 atom stereocenters. The standard InChI is InChI=1S/C36H65N5O4/c1-8-9-10-11-12-13-14-15-16-17-18-19-20-21-33(43)41-34(27(4)5)36(45)40-31(23-30-24-37-25-38-30)32(42)22-28(6)35(44)39-29(7)26(2)3/h24-29,31,34H,8-23H2,1-7H3,(H,37,38)(H,39,44)(H,40,45)(H,41,43)/t28-,29-,31+,34+/m1/s1. The zero-order valence-electron chi connectivity index (χ0n) is 29.5. The molecule has 1 rings (SSSR count). The largest absolute Gasteiger partial charge is 0.353 e. The van der Waals surface area contributed by atoms with Crippen LogP contribution in [-0.2, 0) is 25.6 Å². The molecule has 0 radical (unpaired) electrons. The first-order valence-electron chi connectivity index (χ1n) is 17.9. The maximum atomic E-state index is 13.4. The smallest absolute Gasteiger partial charge is 0.243 e. The Kier molecular flexibility index (Phi) is 21.1. The second kappa shape index (κ2) is 23.6. The van der Waals surface area contributed by atoms with Crippen molar-refractivity contribution >= 4 is 23.5 Å². The van der Waals surface area contributed by atoms with E-state index in [0.29, 0.717) is 12.1 Å². The van der Waals surface area contributed by atoms with E-state index in [9.17, 15) is 19.2 Å². The number of aromatic amines is 1. The molecule has 3 amide bonds. The minimum Gasteiger partial charge on any atom is -0.353 e. The molecule has 1 heterocycles. The van der Waals surface area contributed by atoms with Crippen LogP contribution >= 0.6 is 0 Å². The summed E-state index contributed by atoms with van der Waals surface area (Å²) in [6, 6.07) is -1.62. The number of carbonyl (C=O) groups is 4. The lowest BCUT2D eigenvalue weighted by molar-refractivity contribution is -0.134. The third kappa shape index (κ3) is 18.1. The fourth-order valence-electron chi connectivity index (χ4n) is 5.28. The molecule has 0 unspecified atom stereocenters. The molecule has 0 aliphatic heterocycles. The summed E-state index contributed by atoms with van der Waals surface area (Å²) in [6.07, 6.45) is 19.9. The summed E-state index contributed by atoms with van der Waals surface area (Å²) in [5.41, 5.74) is 0.701. The number of hydrogen-bond acceptors (Lipinski definition) is 5. The summed E-state index contributed by atoms with van der Waals surface area (Å²) in [5.74, 6) is -1.39. The summed E-state index contributed by atoms with van der Waals surface area (Å²) in [6.45, 7) is 13.7. The van der Waals surface area contributed by atoms with Crippen LogP contribution in [0.5, 0.6) is 0 Å². The Hall–Kier alpha value is -2.71. The van der Waals surface area contributed by atoms with E-state index in [1.54, 1.807) is 13.1 Å². The quantitative estimate of drug-likeness (QED) is 0.0834. The van der Waals surface area contributed by atoms with Gasteiger partial charge in [0.15, 0.2) is 5.78 Å². The SMILES string of the molecule is CCCCCCCCCCCCCCCC(=O)N[C@H](C(=O)N[C@@H](Cc1cnc[nH]1)C(=O)C[C@@H](C)C(=O)N[C@H](C)C(C)C)C(C)C. The first-order valence-corrected chi connectivity index (χ1v) is 17.9. The molecule has 0 aliphatic rings. The van der Waals surface area contributed by atoms with Crippen molar-refractivity contribution in [3.05, 3.63) is 18.2 Å².